The van der Waals surface area contributed by atoms with E-state index >= 15 is 0 Å². The molecular weight excluding hydrogens is 470 g/mol. The van der Waals surface area contributed by atoms with Crippen molar-refractivity contribution in [3.05, 3.63) is 94.6 Å². The van der Waals surface area contributed by atoms with Gasteiger partial charge in [0.25, 0.3) is 0 Å². The van der Waals surface area contributed by atoms with Crippen molar-refractivity contribution >= 4 is 16.2 Å². The maximum Gasteiger partial charge on any atom is 0.125 e. The Morgan fingerprint density at radius 1 is 0.833 bits per heavy atom. The van der Waals surface area contributed by atoms with E-state index in [0.29, 0.717) is 5.56 Å². The largest absolute Gasteiger partial charge is 0.207 e. The van der Waals surface area contributed by atoms with Crippen LogP contribution in [0.5, 0.6) is 0 Å². The summed E-state index contributed by atoms with van der Waals surface area (Å²) in [5, 5.41) is 2.09. The number of hydrogen-bond donors (Lipinski definition) is 0. The standard InChI is InChI=1S/C15H9F2.C9H13.C2H6Si.Zr/c16-12-7-11(8-13(17)9-12)15-6-5-10-3-1-2-4-14(10)15;1-6-5-7(2)9(4)8(6)3;1-3-2;/h1-9H;5H,1-4H3;1-2H3;/q2*-1;;+2. The first-order valence-electron chi connectivity index (χ1n) is 9.93. The second-order valence-corrected chi connectivity index (χ2v) is 17.1. The Labute approximate surface area is 194 Å². The van der Waals surface area contributed by atoms with Crippen LogP contribution in [0.1, 0.15) is 22.3 Å². The van der Waals surface area contributed by atoms with Gasteiger partial charge in [0.05, 0.1) is 0 Å². The van der Waals surface area contributed by atoms with E-state index < -0.39 is 11.6 Å². The van der Waals surface area contributed by atoms with Gasteiger partial charge in [-0.2, -0.15) is 28.3 Å². The minimum Gasteiger partial charge on any atom is -0.207 e. The van der Waals surface area contributed by atoms with Gasteiger partial charge in [0.15, 0.2) is 0 Å². The molecule has 0 aliphatic heterocycles. The number of aryl methyl sites for hydroxylation is 2. The summed E-state index contributed by atoms with van der Waals surface area (Å²) < 4.78 is 26.4. The molecule has 0 amide bonds. The Bertz CT molecular complexity index is 1100. The van der Waals surface area contributed by atoms with Crippen molar-refractivity contribution in [2.45, 2.75) is 40.8 Å². The number of rotatable bonds is 1. The summed E-state index contributed by atoms with van der Waals surface area (Å²) in [6.07, 6.45) is 0. The molecule has 0 unspecified atom stereocenters. The van der Waals surface area contributed by atoms with Crippen LogP contribution in [0.15, 0.2) is 60.7 Å². The van der Waals surface area contributed by atoms with Crippen LogP contribution in [-0.4, -0.2) is 5.43 Å². The zero-order chi connectivity index (χ0) is 22.4. The molecule has 0 fully saturated rings. The van der Waals surface area contributed by atoms with Crippen LogP contribution in [0.3, 0.4) is 0 Å². The zero-order valence-corrected chi connectivity index (χ0v) is 22.0. The van der Waals surface area contributed by atoms with Crippen LogP contribution in [0.2, 0.25) is 13.1 Å². The molecule has 0 aliphatic rings. The van der Waals surface area contributed by atoms with Gasteiger partial charge in [-0.1, -0.05) is 39.3 Å². The summed E-state index contributed by atoms with van der Waals surface area (Å²) in [5.41, 5.74) is 7.39. The van der Waals surface area contributed by atoms with Gasteiger partial charge in [-0.15, -0.1) is 46.7 Å². The van der Waals surface area contributed by atoms with Crippen LogP contribution >= 0.6 is 0 Å². The molecule has 0 spiro atoms. The second kappa shape index (κ2) is 11.1. The molecule has 0 aromatic heterocycles. The predicted molar refractivity (Wildman–Crippen MR) is 123 cm³/mol. The van der Waals surface area contributed by atoms with E-state index in [4.69, 9.17) is 0 Å². The van der Waals surface area contributed by atoms with E-state index in [2.05, 4.69) is 46.9 Å². The Balaban J connectivity index is 0.000000207. The molecule has 30 heavy (non-hydrogen) atoms. The number of hydrogen-bond acceptors (Lipinski definition) is 0. The van der Waals surface area contributed by atoms with Crippen molar-refractivity contribution in [2.75, 3.05) is 0 Å². The molecule has 0 bridgehead atoms. The van der Waals surface area contributed by atoms with E-state index in [1.807, 2.05) is 36.4 Å². The van der Waals surface area contributed by atoms with E-state index in [-0.39, 0.29) is 5.43 Å². The molecule has 4 aromatic carbocycles. The van der Waals surface area contributed by atoms with Gasteiger partial charge in [0.2, 0.25) is 0 Å². The Morgan fingerprint density at radius 2 is 1.33 bits per heavy atom. The molecule has 4 rings (SSSR count). The fourth-order valence-electron chi connectivity index (χ4n) is 3.24. The van der Waals surface area contributed by atoms with E-state index in [1.165, 1.54) is 34.4 Å². The first kappa shape index (κ1) is 24.6. The summed E-state index contributed by atoms with van der Waals surface area (Å²) in [7, 11) is 0. The van der Waals surface area contributed by atoms with E-state index in [1.54, 1.807) is 23.3 Å². The van der Waals surface area contributed by atoms with Crippen molar-refractivity contribution < 1.29 is 32.1 Å². The smallest absolute Gasteiger partial charge is 0.125 e. The molecule has 0 N–H and O–H groups in total. The van der Waals surface area contributed by atoms with Crippen molar-refractivity contribution in [3.8, 4) is 11.1 Å². The SMILES string of the molecule is C[Si](C)=[Zr+2].Cc1[cH-]c(C)c(C)c1C.Fc1cc(F)cc(-c2c[cH-]c3ccccc23)c1. The molecule has 0 nitrogen and oxygen atoms in total. The summed E-state index contributed by atoms with van der Waals surface area (Å²) >= 11 is 1.74. The maximum atomic E-state index is 13.2. The van der Waals surface area contributed by atoms with Crippen molar-refractivity contribution in [1.82, 2.24) is 0 Å². The van der Waals surface area contributed by atoms with E-state index in [0.717, 1.165) is 22.4 Å². The van der Waals surface area contributed by atoms with Crippen LogP contribution in [0, 0.1) is 39.3 Å². The normalized spacial score (nSPS) is 10.2. The van der Waals surface area contributed by atoms with Crippen LogP contribution in [0.4, 0.5) is 8.78 Å². The first-order chi connectivity index (χ1) is 14.1. The van der Waals surface area contributed by atoms with Crippen LogP contribution < -0.4 is 0 Å². The number of benzene rings is 2. The second-order valence-electron chi connectivity index (χ2n) is 7.75. The monoisotopic (exact) mass is 496 g/mol. The third-order valence-electron chi connectivity index (χ3n) is 5.03. The van der Waals surface area contributed by atoms with Crippen molar-refractivity contribution in [1.29, 1.82) is 0 Å². The Kier molecular flexibility index (Phi) is 9.12. The van der Waals surface area contributed by atoms with Crippen molar-refractivity contribution in [3.63, 3.8) is 0 Å². The van der Waals surface area contributed by atoms with Gasteiger partial charge in [-0.05, 0) is 12.1 Å². The topological polar surface area (TPSA) is 0 Å². The fourth-order valence-corrected chi connectivity index (χ4v) is 3.24. The fraction of sp³-hybridized carbons (Fsp3) is 0.231. The first-order valence-corrected chi connectivity index (χ1v) is 16.1. The molecule has 4 aromatic rings. The summed E-state index contributed by atoms with van der Waals surface area (Å²) in [6, 6.07) is 17.5. The maximum absolute atomic E-state index is 13.2. The average Bonchev–Trinajstić information content (AvgIpc) is 3.18. The molecule has 0 atom stereocenters. The molecule has 0 radical (unpaired) electrons. The summed E-state index contributed by atoms with van der Waals surface area (Å²) in [6.45, 7) is 13.3. The van der Waals surface area contributed by atoms with Gasteiger partial charge in [-0.3, -0.25) is 0 Å². The third kappa shape index (κ3) is 6.68. The molecular formula is C26H28F2SiZr. The van der Waals surface area contributed by atoms with Crippen LogP contribution in [0.25, 0.3) is 21.9 Å². The van der Waals surface area contributed by atoms with Crippen molar-refractivity contribution in [2.24, 2.45) is 0 Å². The van der Waals surface area contributed by atoms with Gasteiger partial charge < -0.3 is 0 Å². The quantitative estimate of drug-likeness (QED) is 0.185. The van der Waals surface area contributed by atoms with Gasteiger partial charge in [0, 0.05) is 6.07 Å². The summed E-state index contributed by atoms with van der Waals surface area (Å²) in [4.78, 5) is 0. The number of fused-ring (bicyclic) bond motifs is 1. The zero-order valence-electron chi connectivity index (χ0n) is 18.5. The Hall–Kier alpha value is -1.64. The Morgan fingerprint density at radius 3 is 1.80 bits per heavy atom. The molecule has 0 aliphatic carbocycles. The molecule has 0 heterocycles. The molecule has 4 heteroatoms. The predicted octanol–water partition coefficient (Wildman–Crippen LogP) is 7.93. The van der Waals surface area contributed by atoms with Gasteiger partial charge >= 0.3 is 41.9 Å². The van der Waals surface area contributed by atoms with Gasteiger partial charge in [-0.25, -0.2) is 8.78 Å². The van der Waals surface area contributed by atoms with Gasteiger partial charge in [0.1, 0.15) is 11.6 Å². The molecule has 154 valence electrons. The minimum atomic E-state index is -0.551. The minimum absolute atomic E-state index is 0.210. The molecule has 0 saturated heterocycles. The average molecular weight is 498 g/mol. The number of halogens is 2. The molecule has 0 saturated carbocycles. The van der Waals surface area contributed by atoms with E-state index in [9.17, 15) is 8.78 Å². The third-order valence-corrected chi connectivity index (χ3v) is 5.03. The van der Waals surface area contributed by atoms with Crippen LogP contribution in [-0.2, 0) is 23.3 Å². The summed E-state index contributed by atoms with van der Waals surface area (Å²) in [5.74, 6) is -1.10.